The van der Waals surface area contributed by atoms with Crippen molar-refractivity contribution in [3.05, 3.63) is 71.8 Å². The Morgan fingerprint density at radius 1 is 1.07 bits per heavy atom. The van der Waals surface area contributed by atoms with Gasteiger partial charge < -0.3 is 5.32 Å². The van der Waals surface area contributed by atoms with Crippen LogP contribution in [-0.2, 0) is 29.1 Å². The van der Waals surface area contributed by atoms with Gasteiger partial charge >= 0.3 is 0 Å². The molecule has 1 aliphatic heterocycles. The summed E-state index contributed by atoms with van der Waals surface area (Å²) in [5.41, 5.74) is 4.09. The van der Waals surface area contributed by atoms with Gasteiger partial charge in [-0.25, -0.2) is 4.68 Å². The van der Waals surface area contributed by atoms with Crippen LogP contribution in [0.4, 0.5) is 5.82 Å². The smallest absolute Gasteiger partial charge is 0.240 e. The maximum atomic E-state index is 12.5. The molecule has 0 radical (unpaired) electrons. The number of aryl methyl sites for hydroxylation is 2. The number of hydrogen-bond acceptors (Lipinski definition) is 3. The van der Waals surface area contributed by atoms with E-state index in [1.807, 2.05) is 48.5 Å². The van der Waals surface area contributed by atoms with Crippen molar-refractivity contribution in [3.63, 3.8) is 0 Å². The minimum atomic E-state index is -0.186. The number of amides is 2. The Balaban J connectivity index is 1.45. The Labute approximate surface area is 170 Å². The zero-order chi connectivity index (χ0) is 20.2. The van der Waals surface area contributed by atoms with Crippen molar-refractivity contribution in [2.45, 2.75) is 32.9 Å². The van der Waals surface area contributed by atoms with E-state index in [4.69, 9.17) is 0 Å². The summed E-state index contributed by atoms with van der Waals surface area (Å²) in [5.74, 6) is 0.427. The number of benzene rings is 2. The molecule has 4 rings (SSSR count). The average molecular weight is 388 g/mol. The van der Waals surface area contributed by atoms with Crippen molar-refractivity contribution in [3.8, 4) is 11.3 Å². The quantitative estimate of drug-likeness (QED) is 0.705. The van der Waals surface area contributed by atoms with Crippen LogP contribution in [0.25, 0.3) is 11.3 Å². The van der Waals surface area contributed by atoms with Crippen molar-refractivity contribution in [2.75, 3.05) is 11.4 Å². The van der Waals surface area contributed by atoms with Gasteiger partial charge in [0.15, 0.2) is 0 Å². The summed E-state index contributed by atoms with van der Waals surface area (Å²) >= 11 is 0. The predicted octanol–water partition coefficient (Wildman–Crippen LogP) is 3.17. The van der Waals surface area contributed by atoms with Gasteiger partial charge in [-0.05, 0) is 17.5 Å². The molecule has 0 fully saturated rings. The zero-order valence-corrected chi connectivity index (χ0v) is 16.5. The molecule has 0 saturated carbocycles. The first-order valence-electron chi connectivity index (χ1n) is 9.92. The van der Waals surface area contributed by atoms with Crippen molar-refractivity contribution >= 4 is 17.6 Å². The number of carbonyl (C=O) groups is 2. The topological polar surface area (TPSA) is 67.2 Å². The van der Waals surface area contributed by atoms with Crippen LogP contribution in [-0.4, -0.2) is 28.1 Å². The molecule has 2 amide bonds. The van der Waals surface area contributed by atoms with Crippen LogP contribution in [0, 0.1) is 0 Å². The van der Waals surface area contributed by atoms with Gasteiger partial charge in [0.1, 0.15) is 12.4 Å². The van der Waals surface area contributed by atoms with Crippen LogP contribution in [0.15, 0.2) is 60.7 Å². The normalized spacial score (nSPS) is 13.3. The number of anilines is 1. The molecule has 0 bridgehead atoms. The second-order valence-electron chi connectivity index (χ2n) is 7.15. The first kappa shape index (κ1) is 18.9. The number of aromatic nitrogens is 2. The fourth-order valence-corrected chi connectivity index (χ4v) is 3.47. The SMILES string of the molecule is CCc1ccc(CNC(=O)CN2C(=O)CCn3nc(-c4ccccc4)cc32)cc1. The van der Waals surface area contributed by atoms with Crippen LogP contribution in [0.5, 0.6) is 0 Å². The van der Waals surface area contributed by atoms with E-state index < -0.39 is 0 Å². The Morgan fingerprint density at radius 2 is 1.79 bits per heavy atom. The molecule has 0 spiro atoms. The number of hydrogen-bond donors (Lipinski definition) is 1. The Bertz CT molecular complexity index is 1010. The Kier molecular flexibility index (Phi) is 5.42. The van der Waals surface area contributed by atoms with Gasteiger partial charge in [0.05, 0.1) is 12.2 Å². The van der Waals surface area contributed by atoms with Gasteiger partial charge in [-0.3, -0.25) is 14.5 Å². The molecule has 1 N–H and O–H groups in total. The molecular formula is C23H24N4O2. The molecule has 1 aliphatic rings. The summed E-state index contributed by atoms with van der Waals surface area (Å²) in [7, 11) is 0. The molecule has 6 nitrogen and oxygen atoms in total. The number of rotatable bonds is 6. The van der Waals surface area contributed by atoms with Crippen LogP contribution >= 0.6 is 0 Å². The molecule has 0 unspecified atom stereocenters. The van der Waals surface area contributed by atoms with Gasteiger partial charge in [-0.15, -0.1) is 0 Å². The number of nitrogens with zero attached hydrogens (tertiary/aromatic N) is 3. The fourth-order valence-electron chi connectivity index (χ4n) is 3.47. The monoisotopic (exact) mass is 388 g/mol. The highest BCUT2D eigenvalue weighted by Gasteiger charge is 2.28. The highest BCUT2D eigenvalue weighted by atomic mass is 16.2. The van der Waals surface area contributed by atoms with Crippen molar-refractivity contribution in [1.82, 2.24) is 15.1 Å². The molecule has 29 heavy (non-hydrogen) atoms. The minimum Gasteiger partial charge on any atom is -0.350 e. The van der Waals surface area contributed by atoms with Gasteiger partial charge in [0.25, 0.3) is 0 Å². The van der Waals surface area contributed by atoms with Crippen molar-refractivity contribution < 1.29 is 9.59 Å². The third kappa shape index (κ3) is 4.21. The van der Waals surface area contributed by atoms with Crippen LogP contribution in [0.2, 0.25) is 0 Å². The molecule has 0 atom stereocenters. The third-order valence-electron chi connectivity index (χ3n) is 5.17. The number of carbonyl (C=O) groups excluding carboxylic acids is 2. The van der Waals surface area contributed by atoms with Gasteiger partial charge in [0, 0.05) is 24.6 Å². The first-order chi connectivity index (χ1) is 14.1. The second kappa shape index (κ2) is 8.31. The number of fused-ring (bicyclic) bond motifs is 1. The maximum absolute atomic E-state index is 12.5. The summed E-state index contributed by atoms with van der Waals surface area (Å²) in [4.78, 5) is 26.5. The largest absolute Gasteiger partial charge is 0.350 e. The summed E-state index contributed by atoms with van der Waals surface area (Å²) in [6.45, 7) is 3.08. The number of nitrogens with one attached hydrogen (secondary N) is 1. The van der Waals surface area contributed by atoms with Gasteiger partial charge in [-0.1, -0.05) is 61.5 Å². The summed E-state index contributed by atoms with van der Waals surface area (Å²) in [5, 5.41) is 7.53. The molecule has 148 valence electrons. The predicted molar refractivity (Wildman–Crippen MR) is 112 cm³/mol. The second-order valence-corrected chi connectivity index (χ2v) is 7.15. The van der Waals surface area contributed by atoms with Gasteiger partial charge in [0.2, 0.25) is 11.8 Å². The molecule has 0 aliphatic carbocycles. The van der Waals surface area contributed by atoms with E-state index in [-0.39, 0.29) is 18.4 Å². The fraction of sp³-hybridized carbons (Fsp3) is 0.261. The van der Waals surface area contributed by atoms with E-state index in [0.717, 1.165) is 23.2 Å². The first-order valence-corrected chi connectivity index (χ1v) is 9.92. The minimum absolute atomic E-state index is 0.00813. The van der Waals surface area contributed by atoms with Crippen molar-refractivity contribution in [1.29, 1.82) is 0 Å². The lowest BCUT2D eigenvalue weighted by molar-refractivity contribution is -0.124. The van der Waals surface area contributed by atoms with E-state index in [1.165, 1.54) is 10.5 Å². The molecule has 2 aromatic carbocycles. The highest BCUT2D eigenvalue weighted by Crippen LogP contribution is 2.27. The van der Waals surface area contributed by atoms with E-state index in [2.05, 4.69) is 29.5 Å². The van der Waals surface area contributed by atoms with Crippen molar-refractivity contribution in [2.24, 2.45) is 0 Å². The molecule has 3 aromatic rings. The van der Waals surface area contributed by atoms with Crippen LogP contribution in [0.1, 0.15) is 24.5 Å². The Hall–Kier alpha value is -3.41. The molecule has 2 heterocycles. The lowest BCUT2D eigenvalue weighted by Gasteiger charge is -2.26. The molecule has 6 heteroatoms. The van der Waals surface area contributed by atoms with E-state index >= 15 is 0 Å². The van der Waals surface area contributed by atoms with Gasteiger partial charge in [-0.2, -0.15) is 5.10 Å². The van der Waals surface area contributed by atoms with E-state index in [1.54, 1.807) is 4.68 Å². The lowest BCUT2D eigenvalue weighted by Crippen LogP contribution is -2.44. The van der Waals surface area contributed by atoms with Crippen LogP contribution < -0.4 is 10.2 Å². The van der Waals surface area contributed by atoms with E-state index in [9.17, 15) is 9.59 Å². The van der Waals surface area contributed by atoms with E-state index in [0.29, 0.717) is 25.3 Å². The highest BCUT2D eigenvalue weighted by molar-refractivity contribution is 5.99. The molecule has 1 aromatic heterocycles. The standard InChI is InChI=1S/C23H24N4O2/c1-2-17-8-10-18(11-9-17)15-24-21(28)16-26-22-14-20(19-6-4-3-5-7-19)25-27(22)13-12-23(26)29/h3-11,14H,2,12-13,15-16H2,1H3,(H,24,28). The summed E-state index contributed by atoms with van der Waals surface area (Å²) in [6, 6.07) is 19.9. The summed E-state index contributed by atoms with van der Waals surface area (Å²) in [6.07, 6.45) is 1.33. The Morgan fingerprint density at radius 3 is 2.52 bits per heavy atom. The molecule has 0 saturated heterocycles. The third-order valence-corrected chi connectivity index (χ3v) is 5.17. The average Bonchev–Trinajstić information content (AvgIpc) is 3.20. The molecular weight excluding hydrogens is 364 g/mol. The lowest BCUT2D eigenvalue weighted by atomic mass is 10.1. The zero-order valence-electron chi connectivity index (χ0n) is 16.5. The maximum Gasteiger partial charge on any atom is 0.240 e. The van der Waals surface area contributed by atoms with Crippen LogP contribution in [0.3, 0.4) is 0 Å². The summed E-state index contributed by atoms with van der Waals surface area (Å²) < 4.78 is 1.81.